The van der Waals surface area contributed by atoms with Crippen molar-refractivity contribution in [3.05, 3.63) is 16.9 Å². The molecule has 0 atom stereocenters. The Labute approximate surface area is 140 Å². The molecule has 8 nitrogen and oxygen atoms in total. The molecular formula is C16H22N4O4. The fraction of sp³-hybridized carbons (Fsp3) is 0.562. The number of aryl methyl sites for hydroxylation is 1. The van der Waals surface area contributed by atoms with Gasteiger partial charge in [-0.3, -0.25) is 15.0 Å². The van der Waals surface area contributed by atoms with Crippen LogP contribution in [0.2, 0.25) is 0 Å². The normalized spacial score (nSPS) is 15.0. The highest BCUT2D eigenvalue weighted by molar-refractivity contribution is 5.92. The number of rotatable bonds is 4. The number of nitrogens with zero attached hydrogens (tertiary/aromatic N) is 3. The van der Waals surface area contributed by atoms with Gasteiger partial charge in [0.15, 0.2) is 0 Å². The van der Waals surface area contributed by atoms with Crippen LogP contribution in [0.15, 0.2) is 4.42 Å². The number of amides is 2. The van der Waals surface area contributed by atoms with Crippen LogP contribution in [0.3, 0.4) is 0 Å². The van der Waals surface area contributed by atoms with Gasteiger partial charge in [-0.2, -0.15) is 5.26 Å². The van der Waals surface area contributed by atoms with E-state index in [1.165, 1.54) is 0 Å². The molecule has 2 amide bonds. The summed E-state index contributed by atoms with van der Waals surface area (Å²) in [5, 5.41) is 11.8. The van der Waals surface area contributed by atoms with Gasteiger partial charge in [0.2, 0.25) is 11.8 Å². The zero-order valence-corrected chi connectivity index (χ0v) is 14.2. The standard InChI is InChI=1S/C16H22N4O4/c1-4-23-16(22)20-7-5-19(6-8-20)10-14(21)18-15-13(9-17)11(2)12(3)24-15/h4-8,10H2,1-3H3,(H,18,21). The number of nitriles is 1. The first kappa shape index (κ1) is 17.8. The first-order valence-corrected chi connectivity index (χ1v) is 7.90. The summed E-state index contributed by atoms with van der Waals surface area (Å²) >= 11 is 0. The summed E-state index contributed by atoms with van der Waals surface area (Å²) in [5.74, 6) is 0.567. The average Bonchev–Trinajstić information content (AvgIpc) is 2.81. The van der Waals surface area contributed by atoms with Gasteiger partial charge < -0.3 is 14.1 Å². The van der Waals surface area contributed by atoms with Crippen molar-refractivity contribution < 1.29 is 18.7 Å². The third-order valence-electron chi connectivity index (χ3n) is 4.02. The second kappa shape index (κ2) is 7.84. The van der Waals surface area contributed by atoms with E-state index in [9.17, 15) is 9.59 Å². The maximum absolute atomic E-state index is 12.2. The van der Waals surface area contributed by atoms with Crippen LogP contribution in [-0.4, -0.2) is 61.1 Å². The van der Waals surface area contributed by atoms with Crippen molar-refractivity contribution in [3.8, 4) is 6.07 Å². The third kappa shape index (κ3) is 4.06. The van der Waals surface area contributed by atoms with E-state index in [-0.39, 0.29) is 24.4 Å². The highest BCUT2D eigenvalue weighted by Crippen LogP contribution is 2.25. The average molecular weight is 334 g/mol. The fourth-order valence-corrected chi connectivity index (χ4v) is 2.52. The Balaban J connectivity index is 1.85. The molecule has 0 spiro atoms. The van der Waals surface area contributed by atoms with Gasteiger partial charge in [0, 0.05) is 31.7 Å². The molecule has 130 valence electrons. The Morgan fingerprint density at radius 3 is 2.54 bits per heavy atom. The molecule has 0 radical (unpaired) electrons. The van der Waals surface area contributed by atoms with Crippen LogP contribution in [0.5, 0.6) is 0 Å². The summed E-state index contributed by atoms with van der Waals surface area (Å²) in [6, 6.07) is 2.04. The van der Waals surface area contributed by atoms with E-state index in [1.54, 1.807) is 25.7 Å². The van der Waals surface area contributed by atoms with Gasteiger partial charge in [0.25, 0.3) is 0 Å². The molecule has 1 fully saturated rings. The van der Waals surface area contributed by atoms with Gasteiger partial charge in [-0.15, -0.1) is 0 Å². The number of piperazine rings is 1. The van der Waals surface area contributed by atoms with E-state index in [0.29, 0.717) is 44.1 Å². The molecule has 0 aromatic carbocycles. The van der Waals surface area contributed by atoms with Crippen LogP contribution in [0.25, 0.3) is 0 Å². The molecule has 1 N–H and O–H groups in total. The van der Waals surface area contributed by atoms with Crippen LogP contribution in [0.4, 0.5) is 10.7 Å². The number of anilines is 1. The Bertz CT molecular complexity index is 654. The van der Waals surface area contributed by atoms with Gasteiger partial charge in [-0.1, -0.05) is 0 Å². The Morgan fingerprint density at radius 1 is 1.29 bits per heavy atom. The van der Waals surface area contributed by atoms with Crippen molar-refractivity contribution in [2.45, 2.75) is 20.8 Å². The summed E-state index contributed by atoms with van der Waals surface area (Å²) in [7, 11) is 0. The Kier molecular flexibility index (Phi) is 5.82. The Morgan fingerprint density at radius 2 is 1.96 bits per heavy atom. The molecule has 24 heavy (non-hydrogen) atoms. The zero-order chi connectivity index (χ0) is 17.7. The molecule has 1 aliphatic heterocycles. The summed E-state index contributed by atoms with van der Waals surface area (Å²) in [6.07, 6.45) is -0.318. The molecule has 0 unspecified atom stereocenters. The summed E-state index contributed by atoms with van der Waals surface area (Å²) in [4.78, 5) is 27.4. The predicted molar refractivity (Wildman–Crippen MR) is 86.6 cm³/mol. The maximum Gasteiger partial charge on any atom is 0.409 e. The van der Waals surface area contributed by atoms with Crippen LogP contribution in [0, 0.1) is 25.2 Å². The highest BCUT2D eigenvalue weighted by atomic mass is 16.6. The van der Waals surface area contributed by atoms with E-state index in [4.69, 9.17) is 14.4 Å². The minimum atomic E-state index is -0.318. The van der Waals surface area contributed by atoms with Crippen molar-refractivity contribution in [1.82, 2.24) is 9.80 Å². The third-order valence-corrected chi connectivity index (χ3v) is 4.02. The Hall–Kier alpha value is -2.53. The number of hydrogen-bond donors (Lipinski definition) is 1. The van der Waals surface area contributed by atoms with Crippen molar-refractivity contribution >= 4 is 17.9 Å². The molecule has 1 aromatic heterocycles. The summed E-state index contributed by atoms with van der Waals surface area (Å²) < 4.78 is 10.4. The van der Waals surface area contributed by atoms with E-state index >= 15 is 0 Å². The maximum atomic E-state index is 12.2. The van der Waals surface area contributed by atoms with Crippen molar-refractivity contribution in [2.24, 2.45) is 0 Å². The van der Waals surface area contributed by atoms with Gasteiger partial charge in [0.05, 0.1) is 13.2 Å². The van der Waals surface area contributed by atoms with E-state index in [1.807, 2.05) is 11.0 Å². The van der Waals surface area contributed by atoms with Crippen molar-refractivity contribution in [3.63, 3.8) is 0 Å². The molecule has 0 aliphatic carbocycles. The first-order valence-electron chi connectivity index (χ1n) is 7.90. The molecule has 0 bridgehead atoms. The number of furan rings is 1. The number of ether oxygens (including phenoxy) is 1. The van der Waals surface area contributed by atoms with Gasteiger partial charge in [-0.25, -0.2) is 4.79 Å². The number of nitrogens with one attached hydrogen (secondary N) is 1. The second-order valence-corrected chi connectivity index (χ2v) is 5.61. The molecule has 1 aromatic rings. The summed E-state index contributed by atoms with van der Waals surface area (Å²) in [5.41, 5.74) is 1.09. The monoisotopic (exact) mass is 334 g/mol. The highest BCUT2D eigenvalue weighted by Gasteiger charge is 2.24. The number of hydrogen-bond acceptors (Lipinski definition) is 6. The van der Waals surface area contributed by atoms with E-state index in [0.717, 1.165) is 5.56 Å². The van der Waals surface area contributed by atoms with E-state index in [2.05, 4.69) is 5.32 Å². The minimum Gasteiger partial charge on any atom is -0.450 e. The quantitative estimate of drug-likeness (QED) is 0.895. The van der Waals surface area contributed by atoms with E-state index < -0.39 is 0 Å². The lowest BCUT2D eigenvalue weighted by atomic mass is 10.2. The molecular weight excluding hydrogens is 312 g/mol. The van der Waals surface area contributed by atoms with Crippen molar-refractivity contribution in [2.75, 3.05) is 44.6 Å². The fourth-order valence-electron chi connectivity index (χ4n) is 2.52. The SMILES string of the molecule is CCOC(=O)N1CCN(CC(=O)Nc2oc(C)c(C)c2C#N)CC1. The smallest absolute Gasteiger partial charge is 0.409 e. The topological polar surface area (TPSA) is 98.8 Å². The molecule has 0 saturated carbocycles. The van der Waals surface area contributed by atoms with Crippen LogP contribution < -0.4 is 5.32 Å². The van der Waals surface area contributed by atoms with Gasteiger partial charge in [-0.05, 0) is 20.8 Å². The second-order valence-electron chi connectivity index (χ2n) is 5.61. The lowest BCUT2D eigenvalue weighted by Gasteiger charge is -2.33. The van der Waals surface area contributed by atoms with Gasteiger partial charge >= 0.3 is 6.09 Å². The number of carbonyl (C=O) groups excluding carboxylic acids is 2. The molecule has 2 rings (SSSR count). The predicted octanol–water partition coefficient (Wildman–Crippen LogP) is 1.48. The minimum absolute atomic E-state index is 0.181. The molecule has 1 aliphatic rings. The van der Waals surface area contributed by atoms with Gasteiger partial charge in [0.1, 0.15) is 17.4 Å². The number of carbonyl (C=O) groups is 2. The molecule has 8 heteroatoms. The van der Waals surface area contributed by atoms with Crippen LogP contribution >= 0.6 is 0 Å². The van der Waals surface area contributed by atoms with Crippen molar-refractivity contribution in [1.29, 1.82) is 5.26 Å². The lowest BCUT2D eigenvalue weighted by Crippen LogP contribution is -2.50. The van der Waals surface area contributed by atoms with Crippen LogP contribution in [-0.2, 0) is 9.53 Å². The zero-order valence-electron chi connectivity index (χ0n) is 14.2. The molecule has 2 heterocycles. The lowest BCUT2D eigenvalue weighted by molar-refractivity contribution is -0.117. The first-order chi connectivity index (χ1) is 11.5. The largest absolute Gasteiger partial charge is 0.450 e. The van der Waals surface area contributed by atoms with Crippen LogP contribution in [0.1, 0.15) is 23.8 Å². The molecule has 1 saturated heterocycles. The summed E-state index contributed by atoms with van der Waals surface area (Å²) in [6.45, 7) is 8.06.